The van der Waals surface area contributed by atoms with Crippen molar-refractivity contribution in [2.45, 2.75) is 31.0 Å². The molecule has 1 atom stereocenters. The fourth-order valence-electron chi connectivity index (χ4n) is 3.92. The number of carboxylic acids is 1. The molecule has 6 nitrogen and oxygen atoms in total. The number of ether oxygens (including phenoxy) is 1. The molecule has 0 bridgehead atoms. The number of carbonyl (C=O) groups excluding carboxylic acids is 1. The van der Waals surface area contributed by atoms with Gasteiger partial charge in [-0.1, -0.05) is 36.4 Å². The molecule has 196 valence electrons. The first kappa shape index (κ1) is 28.1. The van der Waals surface area contributed by atoms with Crippen LogP contribution in [0.1, 0.15) is 23.6 Å². The number of methoxy groups -OCH3 is 1. The number of amides is 1. The highest BCUT2D eigenvalue weighted by molar-refractivity contribution is 7.92. The van der Waals surface area contributed by atoms with Crippen LogP contribution in [0.2, 0.25) is 0 Å². The molecule has 0 radical (unpaired) electrons. The lowest BCUT2D eigenvalue weighted by Gasteiger charge is -2.26. The topological polar surface area (TPSA) is 89.9 Å². The zero-order chi connectivity index (χ0) is 27.2. The first-order valence-corrected chi connectivity index (χ1v) is 12.7. The maximum Gasteiger partial charge on any atom is 0.416 e. The SMILES string of the molecule is CCN(Cc1c(CC(=O)O)ccc(OC)c1-c1ccc(C(F)(F)F)cc1)C(=O)C[S+]([O-])c1ccccc1. The Morgan fingerprint density at radius 3 is 2.22 bits per heavy atom. The summed E-state index contributed by atoms with van der Waals surface area (Å²) in [6, 6.07) is 16.1. The van der Waals surface area contributed by atoms with Gasteiger partial charge in [0.25, 0.3) is 5.91 Å². The Balaban J connectivity index is 2.03. The van der Waals surface area contributed by atoms with E-state index in [4.69, 9.17) is 4.74 Å². The molecule has 0 aliphatic carbocycles. The minimum atomic E-state index is -4.52. The van der Waals surface area contributed by atoms with Crippen LogP contribution in [0.5, 0.6) is 5.75 Å². The van der Waals surface area contributed by atoms with Gasteiger partial charge in [0.1, 0.15) is 5.75 Å². The van der Waals surface area contributed by atoms with Crippen LogP contribution in [-0.4, -0.2) is 45.8 Å². The summed E-state index contributed by atoms with van der Waals surface area (Å²) >= 11 is -1.58. The van der Waals surface area contributed by atoms with Gasteiger partial charge >= 0.3 is 12.1 Å². The molecule has 37 heavy (non-hydrogen) atoms. The minimum Gasteiger partial charge on any atom is -0.611 e. The number of carbonyl (C=O) groups is 2. The van der Waals surface area contributed by atoms with Crippen molar-refractivity contribution in [3.05, 3.63) is 83.4 Å². The molecule has 0 saturated carbocycles. The predicted octanol–water partition coefficient (Wildman–Crippen LogP) is 5.16. The largest absolute Gasteiger partial charge is 0.611 e. The van der Waals surface area contributed by atoms with E-state index in [9.17, 15) is 32.4 Å². The molecule has 1 amide bonds. The molecule has 3 rings (SSSR count). The van der Waals surface area contributed by atoms with Crippen LogP contribution in [0, 0.1) is 0 Å². The highest BCUT2D eigenvalue weighted by Crippen LogP contribution is 2.38. The van der Waals surface area contributed by atoms with Crippen molar-refractivity contribution in [1.82, 2.24) is 4.90 Å². The second-order valence-electron chi connectivity index (χ2n) is 8.14. The Bertz CT molecular complexity index is 1230. The second-order valence-corrected chi connectivity index (χ2v) is 9.59. The Kier molecular flexibility index (Phi) is 9.23. The van der Waals surface area contributed by atoms with Crippen LogP contribution >= 0.6 is 0 Å². The lowest BCUT2D eigenvalue weighted by molar-refractivity contribution is -0.138. The molecule has 0 aromatic heterocycles. The van der Waals surface area contributed by atoms with Gasteiger partial charge in [0, 0.05) is 18.7 Å². The van der Waals surface area contributed by atoms with Crippen LogP contribution < -0.4 is 4.74 Å². The second kappa shape index (κ2) is 12.2. The van der Waals surface area contributed by atoms with Crippen LogP contribution in [0.15, 0.2) is 71.6 Å². The molecule has 0 fully saturated rings. The number of rotatable bonds is 10. The van der Waals surface area contributed by atoms with Gasteiger partial charge in [0.2, 0.25) is 0 Å². The Morgan fingerprint density at radius 1 is 1.03 bits per heavy atom. The van der Waals surface area contributed by atoms with E-state index in [1.807, 2.05) is 0 Å². The zero-order valence-corrected chi connectivity index (χ0v) is 21.1. The number of hydrogen-bond donors (Lipinski definition) is 1. The third kappa shape index (κ3) is 7.05. The predicted molar refractivity (Wildman–Crippen MR) is 134 cm³/mol. The van der Waals surface area contributed by atoms with E-state index < -0.39 is 34.8 Å². The van der Waals surface area contributed by atoms with Crippen molar-refractivity contribution in [2.24, 2.45) is 0 Å². The summed E-state index contributed by atoms with van der Waals surface area (Å²) in [5.41, 5.74) is 0.766. The highest BCUT2D eigenvalue weighted by Gasteiger charge is 2.30. The van der Waals surface area contributed by atoms with Gasteiger partial charge in [-0.15, -0.1) is 0 Å². The first-order chi connectivity index (χ1) is 17.5. The molecule has 0 heterocycles. The van der Waals surface area contributed by atoms with Crippen molar-refractivity contribution < 1.29 is 37.2 Å². The van der Waals surface area contributed by atoms with Crippen LogP contribution in [0.3, 0.4) is 0 Å². The molecule has 10 heteroatoms. The quantitative estimate of drug-likeness (QED) is 0.364. The van der Waals surface area contributed by atoms with E-state index in [-0.39, 0.29) is 25.3 Å². The first-order valence-electron chi connectivity index (χ1n) is 11.3. The van der Waals surface area contributed by atoms with E-state index >= 15 is 0 Å². The molecule has 0 aliphatic heterocycles. The van der Waals surface area contributed by atoms with Gasteiger partial charge in [-0.25, -0.2) is 0 Å². The summed E-state index contributed by atoms with van der Waals surface area (Å²) in [5.74, 6) is -1.47. The number of alkyl halides is 3. The molecular formula is C27H26F3NO5S. The maximum atomic E-state index is 13.1. The van der Waals surface area contributed by atoms with Crippen molar-refractivity contribution in [1.29, 1.82) is 0 Å². The van der Waals surface area contributed by atoms with Gasteiger partial charge in [0.15, 0.2) is 10.6 Å². The molecule has 1 N–H and O–H groups in total. The van der Waals surface area contributed by atoms with E-state index in [1.165, 1.54) is 24.1 Å². The number of hydrogen-bond acceptors (Lipinski definition) is 4. The van der Waals surface area contributed by atoms with Crippen molar-refractivity contribution in [3.63, 3.8) is 0 Å². The van der Waals surface area contributed by atoms with Crippen LogP contribution in [0.25, 0.3) is 11.1 Å². The third-order valence-electron chi connectivity index (χ3n) is 5.78. The molecule has 1 unspecified atom stereocenters. The highest BCUT2D eigenvalue weighted by atomic mass is 32.2. The number of halogens is 3. The van der Waals surface area contributed by atoms with Crippen molar-refractivity contribution in [2.75, 3.05) is 19.4 Å². The molecular weight excluding hydrogens is 507 g/mol. The molecule has 0 spiro atoms. The monoisotopic (exact) mass is 533 g/mol. The third-order valence-corrected chi connectivity index (χ3v) is 7.09. The van der Waals surface area contributed by atoms with Gasteiger partial charge in [-0.2, -0.15) is 13.2 Å². The van der Waals surface area contributed by atoms with E-state index in [0.29, 0.717) is 32.9 Å². The molecule has 0 aliphatic rings. The lowest BCUT2D eigenvalue weighted by atomic mass is 9.92. The Morgan fingerprint density at radius 2 is 1.68 bits per heavy atom. The van der Waals surface area contributed by atoms with Crippen LogP contribution in [0.4, 0.5) is 13.2 Å². The Labute approximate surface area is 215 Å². The molecule has 3 aromatic rings. The number of carboxylic acid groups (broad SMARTS) is 1. The van der Waals surface area contributed by atoms with E-state index in [2.05, 4.69) is 0 Å². The normalized spacial score (nSPS) is 12.2. The fourth-order valence-corrected chi connectivity index (χ4v) is 4.95. The Hall–Kier alpha value is -3.50. The lowest BCUT2D eigenvalue weighted by Crippen LogP contribution is -2.35. The summed E-state index contributed by atoms with van der Waals surface area (Å²) in [6.07, 6.45) is -4.88. The summed E-state index contributed by atoms with van der Waals surface area (Å²) in [5, 5.41) is 9.47. The van der Waals surface area contributed by atoms with Gasteiger partial charge in [-0.3, -0.25) is 9.59 Å². The summed E-state index contributed by atoms with van der Waals surface area (Å²) in [4.78, 5) is 26.7. The van der Waals surface area contributed by atoms with Crippen LogP contribution in [-0.2, 0) is 39.9 Å². The fraction of sp³-hybridized carbons (Fsp3) is 0.259. The number of benzene rings is 3. The summed E-state index contributed by atoms with van der Waals surface area (Å²) < 4.78 is 57.6. The summed E-state index contributed by atoms with van der Waals surface area (Å²) in [7, 11) is 1.40. The average molecular weight is 534 g/mol. The molecule has 3 aromatic carbocycles. The van der Waals surface area contributed by atoms with Gasteiger partial charge < -0.3 is 19.3 Å². The average Bonchev–Trinajstić information content (AvgIpc) is 2.87. The smallest absolute Gasteiger partial charge is 0.416 e. The van der Waals surface area contributed by atoms with Gasteiger partial charge in [0.05, 0.1) is 19.1 Å². The maximum absolute atomic E-state index is 13.1. The van der Waals surface area contributed by atoms with E-state index in [1.54, 1.807) is 49.4 Å². The van der Waals surface area contributed by atoms with Gasteiger partial charge in [-0.05, 0) is 65.1 Å². The zero-order valence-electron chi connectivity index (χ0n) is 20.2. The van der Waals surface area contributed by atoms with E-state index in [0.717, 1.165) is 12.1 Å². The number of aliphatic carboxylic acids is 1. The molecule has 0 saturated heterocycles. The minimum absolute atomic E-state index is 0.0442. The number of nitrogens with zero attached hydrogens (tertiary/aromatic N) is 1. The summed E-state index contributed by atoms with van der Waals surface area (Å²) in [6.45, 7) is 1.93. The van der Waals surface area contributed by atoms with Crippen molar-refractivity contribution in [3.8, 4) is 16.9 Å². The van der Waals surface area contributed by atoms with Crippen molar-refractivity contribution >= 4 is 23.1 Å². The standard InChI is InChI=1S/C27H26F3NO5S/c1-3-31(24(32)17-37(35)21-7-5-4-6-8-21)16-22-19(15-25(33)34)11-14-23(36-2)26(22)18-9-12-20(13-10-18)27(28,29)30/h4-14H,3,15-17H2,1-2H3,(H,33,34).